The number of anilines is 1. The number of benzene rings is 1. The molecule has 0 radical (unpaired) electrons. The molecular formula is C20H20F5N5O. The van der Waals surface area contributed by atoms with Crippen LogP contribution in [0.5, 0.6) is 5.75 Å². The number of alkyl halides is 5. The van der Waals surface area contributed by atoms with Crippen molar-refractivity contribution in [3.8, 4) is 17.0 Å². The quantitative estimate of drug-likeness (QED) is 0.580. The van der Waals surface area contributed by atoms with Gasteiger partial charge < -0.3 is 10.4 Å². The number of aromatic nitrogens is 3. The molecule has 3 heterocycles. The van der Waals surface area contributed by atoms with Crippen LogP contribution in [0.15, 0.2) is 36.5 Å². The largest absolute Gasteiger partial charge is 0.507 e. The second-order valence-corrected chi connectivity index (χ2v) is 7.50. The van der Waals surface area contributed by atoms with E-state index < -0.39 is 23.9 Å². The number of aromatic hydroxyl groups is 1. The molecule has 1 fully saturated rings. The van der Waals surface area contributed by atoms with Crippen LogP contribution in [0.3, 0.4) is 0 Å². The van der Waals surface area contributed by atoms with Crippen LogP contribution >= 0.6 is 0 Å². The Balaban J connectivity index is 1.61. The molecule has 1 saturated heterocycles. The van der Waals surface area contributed by atoms with Gasteiger partial charge in [-0.15, -0.1) is 10.2 Å². The molecule has 1 atom stereocenters. The summed E-state index contributed by atoms with van der Waals surface area (Å²) in [5.41, 5.74) is -0.0777. The fraction of sp³-hybridized carbons (Fsp3) is 0.400. The predicted molar refractivity (Wildman–Crippen MR) is 104 cm³/mol. The number of hydrogen-bond acceptors (Lipinski definition) is 5. The molecule has 0 aliphatic carbocycles. The topological polar surface area (TPSA) is 65.7 Å². The number of phenolic OH excluding ortho intramolecular Hbond substituents is 1. The number of nitrogens with zero attached hydrogens (tertiary/aromatic N) is 4. The highest BCUT2D eigenvalue weighted by Crippen LogP contribution is 2.37. The monoisotopic (exact) mass is 441 g/mol. The van der Waals surface area contributed by atoms with Crippen LogP contribution in [0, 0.1) is 0 Å². The lowest BCUT2D eigenvalue weighted by molar-refractivity contribution is -0.137. The van der Waals surface area contributed by atoms with Gasteiger partial charge >= 0.3 is 6.18 Å². The third-order valence-corrected chi connectivity index (χ3v) is 5.28. The fourth-order valence-electron chi connectivity index (χ4n) is 3.87. The maximum absolute atomic E-state index is 12.9. The maximum atomic E-state index is 12.9. The lowest BCUT2D eigenvalue weighted by Gasteiger charge is -2.33. The first kappa shape index (κ1) is 21.3. The van der Waals surface area contributed by atoms with E-state index in [1.165, 1.54) is 0 Å². The lowest BCUT2D eigenvalue weighted by atomic mass is 10.1. The summed E-state index contributed by atoms with van der Waals surface area (Å²) in [4.78, 5) is 1.70. The second kappa shape index (κ2) is 8.29. The number of nitrogens with one attached hydrogen (secondary N) is 1. The van der Waals surface area contributed by atoms with Crippen LogP contribution in [0.1, 0.15) is 18.4 Å². The van der Waals surface area contributed by atoms with Crippen LogP contribution in [0.4, 0.5) is 27.9 Å². The number of halogens is 5. The van der Waals surface area contributed by atoms with Crippen molar-refractivity contribution in [3.05, 3.63) is 42.1 Å². The Hall–Kier alpha value is -2.95. The summed E-state index contributed by atoms with van der Waals surface area (Å²) in [7, 11) is 0. The zero-order valence-electron chi connectivity index (χ0n) is 16.3. The Morgan fingerprint density at radius 1 is 1.19 bits per heavy atom. The SMILES string of the molecule is Oc1cc(C(F)(F)F)ccc1-c1nnc(N[C@@H]2CCCN(CC(F)F)C2)n2cccc12. The van der Waals surface area contributed by atoms with Gasteiger partial charge in [-0.1, -0.05) is 0 Å². The van der Waals surface area contributed by atoms with Crippen LogP contribution in [-0.2, 0) is 6.18 Å². The summed E-state index contributed by atoms with van der Waals surface area (Å²) in [6.07, 6.45) is -3.71. The molecule has 3 aromatic rings. The third-order valence-electron chi connectivity index (χ3n) is 5.28. The molecule has 1 aromatic carbocycles. The number of fused-ring (bicyclic) bond motifs is 1. The Bertz CT molecular complexity index is 1070. The van der Waals surface area contributed by atoms with Crippen molar-refractivity contribution >= 4 is 11.5 Å². The van der Waals surface area contributed by atoms with Crippen molar-refractivity contribution in [2.75, 3.05) is 25.0 Å². The number of rotatable bonds is 5. The number of hydrogen-bond donors (Lipinski definition) is 2. The van der Waals surface area contributed by atoms with Crippen molar-refractivity contribution in [2.45, 2.75) is 31.5 Å². The minimum Gasteiger partial charge on any atom is -0.507 e. The van der Waals surface area contributed by atoms with Crippen LogP contribution in [0.2, 0.25) is 0 Å². The van der Waals surface area contributed by atoms with E-state index in [1.807, 2.05) is 0 Å². The average molecular weight is 441 g/mol. The summed E-state index contributed by atoms with van der Waals surface area (Å²) < 4.78 is 65.7. The van der Waals surface area contributed by atoms with Gasteiger partial charge in [-0.25, -0.2) is 8.78 Å². The average Bonchev–Trinajstić information content (AvgIpc) is 3.18. The Morgan fingerprint density at radius 2 is 2.00 bits per heavy atom. The predicted octanol–water partition coefficient (Wildman–Crippen LogP) is 4.26. The van der Waals surface area contributed by atoms with Crippen molar-refractivity contribution in [1.82, 2.24) is 19.5 Å². The van der Waals surface area contributed by atoms with Gasteiger partial charge in [0.15, 0.2) is 0 Å². The molecule has 0 amide bonds. The minimum atomic E-state index is -4.57. The first-order valence-corrected chi connectivity index (χ1v) is 9.74. The van der Waals surface area contributed by atoms with E-state index in [9.17, 15) is 27.1 Å². The number of piperidine rings is 1. The van der Waals surface area contributed by atoms with E-state index in [-0.39, 0.29) is 23.8 Å². The van der Waals surface area contributed by atoms with Gasteiger partial charge in [0.1, 0.15) is 11.4 Å². The maximum Gasteiger partial charge on any atom is 0.416 e. The van der Waals surface area contributed by atoms with Gasteiger partial charge in [0, 0.05) is 24.3 Å². The molecule has 2 aromatic heterocycles. The van der Waals surface area contributed by atoms with Gasteiger partial charge in [-0.3, -0.25) is 9.30 Å². The van der Waals surface area contributed by atoms with E-state index in [0.717, 1.165) is 25.0 Å². The minimum absolute atomic E-state index is 0.0993. The molecule has 31 heavy (non-hydrogen) atoms. The summed E-state index contributed by atoms with van der Waals surface area (Å²) >= 11 is 0. The van der Waals surface area contributed by atoms with Gasteiger partial charge in [0.2, 0.25) is 5.95 Å². The fourth-order valence-corrected chi connectivity index (χ4v) is 3.87. The normalized spacial score (nSPS) is 18.1. The molecule has 4 rings (SSSR count). The van der Waals surface area contributed by atoms with Crippen molar-refractivity contribution < 1.29 is 27.1 Å². The molecule has 0 saturated carbocycles. The first-order valence-electron chi connectivity index (χ1n) is 9.74. The van der Waals surface area contributed by atoms with E-state index >= 15 is 0 Å². The van der Waals surface area contributed by atoms with Crippen LogP contribution in [-0.4, -0.2) is 56.7 Å². The van der Waals surface area contributed by atoms with Gasteiger partial charge in [0.05, 0.1) is 17.6 Å². The van der Waals surface area contributed by atoms with Crippen molar-refractivity contribution in [2.24, 2.45) is 0 Å². The molecule has 0 unspecified atom stereocenters. The lowest BCUT2D eigenvalue weighted by Crippen LogP contribution is -2.44. The molecule has 0 bridgehead atoms. The molecule has 166 valence electrons. The third kappa shape index (κ3) is 4.55. The van der Waals surface area contributed by atoms with Crippen molar-refractivity contribution in [3.63, 3.8) is 0 Å². The van der Waals surface area contributed by atoms with Crippen LogP contribution < -0.4 is 5.32 Å². The van der Waals surface area contributed by atoms with Gasteiger partial charge in [-0.05, 0) is 49.7 Å². The van der Waals surface area contributed by atoms with Crippen molar-refractivity contribution in [1.29, 1.82) is 0 Å². The summed E-state index contributed by atoms with van der Waals surface area (Å²) in [5.74, 6) is -0.165. The molecule has 1 aliphatic heterocycles. The molecular weight excluding hydrogens is 421 g/mol. The summed E-state index contributed by atoms with van der Waals surface area (Å²) in [5, 5.41) is 21.7. The highest BCUT2D eigenvalue weighted by atomic mass is 19.4. The van der Waals surface area contributed by atoms with E-state index in [0.29, 0.717) is 30.6 Å². The zero-order valence-corrected chi connectivity index (χ0v) is 16.3. The van der Waals surface area contributed by atoms with Crippen LogP contribution in [0.25, 0.3) is 16.8 Å². The Kier molecular flexibility index (Phi) is 5.69. The standard InChI is InChI=1S/C20H20F5N5O/c21-17(22)11-29-7-1-3-13(10-29)26-19-28-27-18(15-4-2-8-30(15)19)14-6-5-12(9-16(14)31)20(23,24)25/h2,4-6,8-9,13,17,31H,1,3,7,10-11H2,(H,26,28)/t13-/m1/s1. The van der Waals surface area contributed by atoms with E-state index in [2.05, 4.69) is 15.5 Å². The zero-order chi connectivity index (χ0) is 22.2. The van der Waals surface area contributed by atoms with Gasteiger partial charge in [-0.2, -0.15) is 13.2 Å². The van der Waals surface area contributed by atoms with E-state index in [1.54, 1.807) is 27.6 Å². The molecule has 1 aliphatic rings. The molecule has 6 nitrogen and oxygen atoms in total. The molecule has 0 spiro atoms. The highest BCUT2D eigenvalue weighted by molar-refractivity contribution is 5.81. The smallest absolute Gasteiger partial charge is 0.416 e. The highest BCUT2D eigenvalue weighted by Gasteiger charge is 2.31. The first-order chi connectivity index (χ1) is 14.7. The summed E-state index contributed by atoms with van der Waals surface area (Å²) in [6, 6.07) is 6.02. The van der Waals surface area contributed by atoms with Gasteiger partial charge in [0.25, 0.3) is 6.43 Å². The number of likely N-dealkylation sites (tertiary alicyclic amines) is 1. The second-order valence-electron chi connectivity index (χ2n) is 7.50. The molecule has 11 heteroatoms. The Labute approximate surface area is 174 Å². The summed E-state index contributed by atoms with van der Waals surface area (Å²) in [6.45, 7) is 0.768. The number of phenols is 1. The van der Waals surface area contributed by atoms with E-state index in [4.69, 9.17) is 0 Å². The Morgan fingerprint density at radius 3 is 2.71 bits per heavy atom. The molecule has 2 N–H and O–H groups in total.